The van der Waals surface area contributed by atoms with E-state index in [2.05, 4.69) is 5.32 Å². The Morgan fingerprint density at radius 3 is 2.16 bits per heavy atom. The predicted molar refractivity (Wildman–Crippen MR) is 149 cm³/mol. The SMILES string of the molecule is CC1(C)OB(C(=Cc2ccc(N)c(C(=O)c3ccccc3)c2)CNC(=O)OCc2ccccc2)OC1(C)C. The number of hydrogen-bond acceptors (Lipinski definition) is 6. The molecule has 1 heterocycles. The van der Waals surface area contributed by atoms with Crippen molar-refractivity contribution in [1.82, 2.24) is 5.32 Å². The summed E-state index contributed by atoms with van der Waals surface area (Å²) in [5.74, 6) is -0.168. The molecule has 7 nitrogen and oxygen atoms in total. The van der Waals surface area contributed by atoms with E-state index in [0.717, 1.165) is 11.1 Å². The van der Waals surface area contributed by atoms with E-state index in [9.17, 15) is 9.59 Å². The Morgan fingerprint density at radius 2 is 1.53 bits per heavy atom. The number of nitrogens with two attached hydrogens (primary N) is 1. The topological polar surface area (TPSA) is 99.9 Å². The highest BCUT2D eigenvalue weighted by Crippen LogP contribution is 2.38. The molecule has 1 aliphatic rings. The van der Waals surface area contributed by atoms with Crippen molar-refractivity contribution in [2.75, 3.05) is 12.3 Å². The molecule has 0 aromatic heterocycles. The zero-order valence-corrected chi connectivity index (χ0v) is 22.2. The van der Waals surface area contributed by atoms with E-state index in [0.29, 0.717) is 22.3 Å². The molecule has 0 bridgehead atoms. The van der Waals surface area contributed by atoms with Gasteiger partial charge in [-0.05, 0) is 56.4 Å². The number of anilines is 1. The summed E-state index contributed by atoms with van der Waals surface area (Å²) in [5, 5.41) is 2.80. The molecular weight excluding hydrogens is 479 g/mol. The maximum Gasteiger partial charge on any atom is 0.492 e. The van der Waals surface area contributed by atoms with Crippen LogP contribution in [-0.4, -0.2) is 36.7 Å². The summed E-state index contributed by atoms with van der Waals surface area (Å²) in [6, 6.07) is 23.7. The quantitative estimate of drug-likeness (QED) is 0.237. The van der Waals surface area contributed by atoms with Gasteiger partial charge in [0.05, 0.1) is 11.2 Å². The first kappa shape index (κ1) is 27.2. The normalized spacial score (nSPS) is 16.2. The van der Waals surface area contributed by atoms with E-state index in [1.54, 1.807) is 24.3 Å². The molecule has 0 saturated carbocycles. The minimum Gasteiger partial charge on any atom is -0.445 e. The molecule has 8 heteroatoms. The fraction of sp³-hybridized carbons (Fsp3) is 0.267. The van der Waals surface area contributed by atoms with Gasteiger partial charge in [-0.1, -0.05) is 72.8 Å². The van der Waals surface area contributed by atoms with Crippen LogP contribution in [0, 0.1) is 0 Å². The van der Waals surface area contributed by atoms with Crippen LogP contribution in [-0.2, 0) is 20.7 Å². The largest absolute Gasteiger partial charge is 0.492 e. The molecule has 3 aromatic carbocycles. The monoisotopic (exact) mass is 512 g/mol. The Bertz CT molecular complexity index is 1310. The first-order valence-electron chi connectivity index (χ1n) is 12.6. The average Bonchev–Trinajstić information content (AvgIpc) is 3.13. The lowest BCUT2D eigenvalue weighted by Gasteiger charge is -2.32. The average molecular weight is 512 g/mol. The standard InChI is InChI=1S/C30H33BN2O5/c1-29(2)30(3,4)38-31(37-29)24(19-33-28(35)36-20-21-11-7-5-8-12-21)17-22-15-16-26(32)25(18-22)27(34)23-13-9-6-10-14-23/h5-18H,19-20,32H2,1-4H3,(H,33,35). The molecule has 3 N–H and O–H groups in total. The number of hydrogen-bond donors (Lipinski definition) is 2. The number of carbonyl (C=O) groups excluding carboxylic acids is 2. The Hall–Kier alpha value is -3.88. The van der Waals surface area contributed by atoms with Crippen LogP contribution >= 0.6 is 0 Å². The van der Waals surface area contributed by atoms with Crippen molar-refractivity contribution in [2.24, 2.45) is 0 Å². The smallest absolute Gasteiger partial charge is 0.445 e. The zero-order chi connectivity index (χ0) is 27.3. The number of ether oxygens (including phenoxy) is 1. The number of carbonyl (C=O) groups is 2. The fourth-order valence-corrected chi connectivity index (χ4v) is 3.96. The molecule has 38 heavy (non-hydrogen) atoms. The molecule has 1 aliphatic heterocycles. The van der Waals surface area contributed by atoms with Gasteiger partial charge < -0.3 is 25.1 Å². The first-order chi connectivity index (χ1) is 18.1. The van der Waals surface area contributed by atoms with Gasteiger partial charge in [0.1, 0.15) is 6.61 Å². The summed E-state index contributed by atoms with van der Waals surface area (Å²) >= 11 is 0. The third kappa shape index (κ3) is 6.33. The number of amides is 1. The van der Waals surface area contributed by atoms with Crippen LogP contribution in [0.25, 0.3) is 6.08 Å². The molecule has 196 valence electrons. The third-order valence-corrected chi connectivity index (χ3v) is 6.92. The van der Waals surface area contributed by atoms with Crippen molar-refractivity contribution in [2.45, 2.75) is 45.5 Å². The number of ketones is 1. The van der Waals surface area contributed by atoms with Crippen LogP contribution in [0.1, 0.15) is 54.7 Å². The van der Waals surface area contributed by atoms with Gasteiger partial charge in [0.15, 0.2) is 5.78 Å². The van der Waals surface area contributed by atoms with Crippen molar-refractivity contribution in [3.05, 3.63) is 107 Å². The molecule has 0 atom stereocenters. The minimum atomic E-state index is -0.708. The van der Waals surface area contributed by atoms with Gasteiger partial charge in [-0.3, -0.25) is 4.79 Å². The third-order valence-electron chi connectivity index (χ3n) is 6.92. The second-order valence-corrected chi connectivity index (χ2v) is 10.3. The van der Waals surface area contributed by atoms with Crippen LogP contribution in [0.15, 0.2) is 84.3 Å². The van der Waals surface area contributed by atoms with Crippen molar-refractivity contribution < 1.29 is 23.6 Å². The minimum absolute atomic E-state index is 0.122. The number of nitrogens with one attached hydrogen (secondary N) is 1. The highest BCUT2D eigenvalue weighted by Gasteiger charge is 2.52. The zero-order valence-electron chi connectivity index (χ0n) is 22.2. The number of benzene rings is 3. The van der Waals surface area contributed by atoms with Gasteiger partial charge in [-0.25, -0.2) is 4.79 Å². The van der Waals surface area contributed by atoms with Gasteiger partial charge in [-0.15, -0.1) is 0 Å². The lowest BCUT2D eigenvalue weighted by molar-refractivity contribution is 0.00578. The summed E-state index contributed by atoms with van der Waals surface area (Å²) in [6.07, 6.45) is 1.29. The van der Waals surface area contributed by atoms with Crippen molar-refractivity contribution in [3.63, 3.8) is 0 Å². The Balaban J connectivity index is 1.57. The maximum absolute atomic E-state index is 13.1. The van der Waals surface area contributed by atoms with E-state index in [1.165, 1.54) is 0 Å². The van der Waals surface area contributed by atoms with Crippen LogP contribution in [0.3, 0.4) is 0 Å². The Labute approximate surface area is 224 Å². The summed E-state index contributed by atoms with van der Waals surface area (Å²) in [7, 11) is -0.708. The second kappa shape index (κ2) is 11.2. The van der Waals surface area contributed by atoms with Crippen LogP contribution < -0.4 is 11.1 Å². The molecule has 0 unspecified atom stereocenters. The van der Waals surface area contributed by atoms with E-state index < -0.39 is 24.4 Å². The van der Waals surface area contributed by atoms with Crippen molar-refractivity contribution in [1.29, 1.82) is 0 Å². The molecule has 1 saturated heterocycles. The number of alkyl carbamates (subject to hydrolysis) is 1. The number of rotatable bonds is 8. The predicted octanol–water partition coefficient (Wildman–Crippen LogP) is 5.44. The number of nitrogen functional groups attached to an aromatic ring is 1. The molecule has 0 spiro atoms. The van der Waals surface area contributed by atoms with Gasteiger partial charge in [-0.2, -0.15) is 0 Å². The van der Waals surface area contributed by atoms with E-state index in [1.807, 2.05) is 88.4 Å². The van der Waals surface area contributed by atoms with E-state index in [4.69, 9.17) is 19.8 Å². The lowest BCUT2D eigenvalue weighted by Crippen LogP contribution is -2.41. The summed E-state index contributed by atoms with van der Waals surface area (Å²) in [6.45, 7) is 8.14. The van der Waals surface area contributed by atoms with Gasteiger partial charge in [0.2, 0.25) is 0 Å². The summed E-state index contributed by atoms with van der Waals surface area (Å²) in [5.41, 5.74) is 8.65. The highest BCUT2D eigenvalue weighted by atomic mass is 16.7. The Kier molecular flexibility index (Phi) is 8.04. The van der Waals surface area contributed by atoms with Gasteiger partial charge >= 0.3 is 13.2 Å². The molecule has 0 aliphatic carbocycles. The molecule has 0 radical (unpaired) electrons. The fourth-order valence-electron chi connectivity index (χ4n) is 3.96. The van der Waals surface area contributed by atoms with E-state index >= 15 is 0 Å². The molecular formula is C30H33BN2O5. The van der Waals surface area contributed by atoms with Gasteiger partial charge in [0, 0.05) is 23.4 Å². The molecule has 3 aromatic rings. The molecule has 1 fully saturated rings. The maximum atomic E-state index is 13.1. The highest BCUT2D eigenvalue weighted by molar-refractivity contribution is 6.56. The summed E-state index contributed by atoms with van der Waals surface area (Å²) in [4.78, 5) is 25.6. The van der Waals surface area contributed by atoms with Crippen LogP contribution in [0.4, 0.5) is 10.5 Å². The van der Waals surface area contributed by atoms with Crippen LogP contribution in [0.2, 0.25) is 0 Å². The summed E-state index contributed by atoms with van der Waals surface area (Å²) < 4.78 is 17.9. The van der Waals surface area contributed by atoms with Gasteiger partial charge in [0.25, 0.3) is 0 Å². The van der Waals surface area contributed by atoms with Crippen molar-refractivity contribution in [3.8, 4) is 0 Å². The van der Waals surface area contributed by atoms with Crippen LogP contribution in [0.5, 0.6) is 0 Å². The molecule has 1 amide bonds. The lowest BCUT2D eigenvalue weighted by atomic mass is 9.77. The van der Waals surface area contributed by atoms with Crippen molar-refractivity contribution >= 4 is 30.8 Å². The first-order valence-corrected chi connectivity index (χ1v) is 12.6. The molecule has 4 rings (SSSR count). The van der Waals surface area contributed by atoms with E-state index in [-0.39, 0.29) is 18.9 Å². The second-order valence-electron chi connectivity index (χ2n) is 10.3. The Morgan fingerprint density at radius 1 is 0.921 bits per heavy atom.